The zero-order valence-electron chi connectivity index (χ0n) is 26.6. The smallest absolute Gasteiger partial charge is 0.341 e. The van der Waals surface area contributed by atoms with Crippen molar-refractivity contribution in [3.05, 3.63) is 118 Å². The lowest BCUT2D eigenvalue weighted by Crippen LogP contribution is -2.37. The number of Topliss-reactive ketones (excluding diaryl/α,β-unsaturated/α-hetero) is 1. The topological polar surface area (TPSA) is 121 Å². The Labute approximate surface area is 265 Å². The van der Waals surface area contributed by atoms with Crippen LogP contribution in [0.4, 0.5) is 0 Å². The van der Waals surface area contributed by atoms with Crippen LogP contribution in [-0.4, -0.2) is 44.8 Å². The molecule has 2 fully saturated rings. The van der Waals surface area contributed by atoms with E-state index in [9.17, 15) is 9.59 Å². The molecule has 6 rings (SSSR count). The summed E-state index contributed by atoms with van der Waals surface area (Å²) in [5.74, 6) is 1.10. The minimum atomic E-state index is -0.365. The van der Waals surface area contributed by atoms with Crippen molar-refractivity contribution in [3.8, 4) is 0 Å². The number of nitrogens with two attached hydrogens (primary N) is 1. The van der Waals surface area contributed by atoms with Gasteiger partial charge >= 0.3 is 5.97 Å². The summed E-state index contributed by atoms with van der Waals surface area (Å²) in [7, 11) is 0. The summed E-state index contributed by atoms with van der Waals surface area (Å²) in [6.45, 7) is 6.35. The predicted octanol–water partition coefficient (Wildman–Crippen LogP) is 6.22. The molecule has 2 aromatic heterocycles. The van der Waals surface area contributed by atoms with Crippen molar-refractivity contribution < 1.29 is 14.3 Å². The molecule has 2 aromatic carbocycles. The van der Waals surface area contributed by atoms with Crippen molar-refractivity contribution in [1.29, 1.82) is 0 Å². The van der Waals surface area contributed by atoms with Crippen molar-refractivity contribution in [2.24, 2.45) is 5.73 Å². The van der Waals surface area contributed by atoms with Gasteiger partial charge < -0.3 is 10.5 Å². The maximum atomic E-state index is 11.7. The van der Waals surface area contributed by atoms with Gasteiger partial charge in [-0.25, -0.2) is 24.7 Å². The second-order valence-corrected chi connectivity index (χ2v) is 12.5. The number of hydrogen-bond acceptors (Lipinski definition) is 8. The number of carbonyl (C=O) groups excluding carboxylic acids is 2. The second-order valence-electron chi connectivity index (χ2n) is 12.5. The molecule has 0 amide bonds. The summed E-state index contributed by atoms with van der Waals surface area (Å²) in [5.41, 5.74) is 11.9. The average Bonchev–Trinajstić information content (AvgIpc) is 3.02. The molecule has 2 aliphatic rings. The standard InChI is InChI=1S/C19H22N2O2.C18H21N3O/c1-3-23-18(22)15-12-20-17(21-13-15)11-19(9-4-10-19)16-7-5-14(2)6-8-16;1-13-3-5-15(6-4-13)18(7-2-8-18)9-17-20-11-14(12-21-17)16(22)10-19/h5-8,12-13H,3-4,9-11H2,1-2H3;3-6,11-12H,2,7-10,19H2,1H3. The van der Waals surface area contributed by atoms with Crippen molar-refractivity contribution in [2.75, 3.05) is 13.2 Å². The van der Waals surface area contributed by atoms with E-state index in [4.69, 9.17) is 10.5 Å². The van der Waals surface area contributed by atoms with E-state index in [1.807, 2.05) is 0 Å². The third-order valence-electron chi connectivity index (χ3n) is 9.37. The van der Waals surface area contributed by atoms with Crippen LogP contribution in [0.2, 0.25) is 0 Å². The number of aromatic nitrogens is 4. The van der Waals surface area contributed by atoms with Gasteiger partial charge in [-0.2, -0.15) is 0 Å². The van der Waals surface area contributed by atoms with Gasteiger partial charge in [0.1, 0.15) is 11.6 Å². The first-order chi connectivity index (χ1) is 21.8. The SMILES string of the molecule is CCOC(=O)c1cnc(CC2(c3ccc(C)cc3)CCC2)nc1.Cc1ccc(C2(Cc3ncc(C(=O)CN)cn3)CCC2)cc1. The van der Waals surface area contributed by atoms with E-state index >= 15 is 0 Å². The highest BCUT2D eigenvalue weighted by Gasteiger charge is 2.40. The number of rotatable bonds is 10. The van der Waals surface area contributed by atoms with E-state index in [1.165, 1.54) is 60.8 Å². The van der Waals surface area contributed by atoms with Gasteiger partial charge in [-0.3, -0.25) is 4.79 Å². The van der Waals surface area contributed by atoms with Crippen molar-refractivity contribution in [1.82, 2.24) is 19.9 Å². The molecule has 2 N–H and O–H groups in total. The van der Waals surface area contributed by atoms with Gasteiger partial charge in [0, 0.05) is 48.5 Å². The molecular weight excluding hydrogens is 562 g/mol. The summed E-state index contributed by atoms with van der Waals surface area (Å²) < 4.78 is 4.96. The molecule has 0 aliphatic heterocycles. The van der Waals surface area contributed by atoms with Crippen molar-refractivity contribution in [3.63, 3.8) is 0 Å². The van der Waals surface area contributed by atoms with Gasteiger partial charge in [0.2, 0.25) is 0 Å². The predicted molar refractivity (Wildman–Crippen MR) is 174 cm³/mol. The Kier molecular flexibility index (Phi) is 10.1. The van der Waals surface area contributed by atoms with E-state index in [-0.39, 0.29) is 29.1 Å². The van der Waals surface area contributed by atoms with Crippen molar-refractivity contribution >= 4 is 11.8 Å². The van der Waals surface area contributed by atoms with Crippen LogP contribution < -0.4 is 5.73 Å². The van der Waals surface area contributed by atoms with E-state index in [2.05, 4.69) is 82.3 Å². The van der Waals surface area contributed by atoms with Crippen LogP contribution in [0.3, 0.4) is 0 Å². The first-order valence-corrected chi connectivity index (χ1v) is 15.9. The van der Waals surface area contributed by atoms with Gasteiger partial charge in [0.25, 0.3) is 0 Å². The lowest BCUT2D eigenvalue weighted by atomic mass is 9.62. The molecule has 8 nitrogen and oxygen atoms in total. The van der Waals surface area contributed by atoms with Crippen LogP contribution in [-0.2, 0) is 28.4 Å². The Balaban J connectivity index is 0.000000178. The van der Waals surface area contributed by atoms with E-state index in [0.29, 0.717) is 17.7 Å². The summed E-state index contributed by atoms with van der Waals surface area (Å²) in [5, 5.41) is 0. The molecule has 0 unspecified atom stereocenters. The molecule has 2 heterocycles. The van der Waals surface area contributed by atoms with Crippen molar-refractivity contribution in [2.45, 2.75) is 83.0 Å². The Morgan fingerprint density at radius 1 is 0.689 bits per heavy atom. The zero-order valence-corrected chi connectivity index (χ0v) is 26.6. The largest absolute Gasteiger partial charge is 0.462 e. The highest BCUT2D eigenvalue weighted by Crippen LogP contribution is 2.46. The third-order valence-corrected chi connectivity index (χ3v) is 9.37. The Morgan fingerprint density at radius 2 is 1.09 bits per heavy atom. The number of carbonyl (C=O) groups is 2. The zero-order chi connectivity index (χ0) is 31.9. The molecule has 2 saturated carbocycles. The Hall–Kier alpha value is -4.30. The van der Waals surface area contributed by atoms with Crippen LogP contribution in [0.25, 0.3) is 0 Å². The first kappa shape index (κ1) is 32.1. The molecule has 0 saturated heterocycles. The fourth-order valence-corrected chi connectivity index (χ4v) is 6.24. The first-order valence-electron chi connectivity index (χ1n) is 15.9. The number of esters is 1. The summed E-state index contributed by atoms with van der Waals surface area (Å²) in [6.07, 6.45) is 15.1. The molecule has 45 heavy (non-hydrogen) atoms. The lowest BCUT2D eigenvalue weighted by Gasteiger charge is -2.42. The molecule has 2 aliphatic carbocycles. The second kappa shape index (κ2) is 14.2. The van der Waals surface area contributed by atoms with Crippen LogP contribution in [0, 0.1) is 13.8 Å². The number of ketones is 1. The lowest BCUT2D eigenvalue weighted by molar-refractivity contribution is 0.0525. The van der Waals surface area contributed by atoms with E-state index < -0.39 is 0 Å². The van der Waals surface area contributed by atoms with Crippen LogP contribution in [0.1, 0.15) is 100 Å². The third kappa shape index (κ3) is 7.51. The van der Waals surface area contributed by atoms with Crippen LogP contribution in [0.15, 0.2) is 73.3 Å². The minimum Gasteiger partial charge on any atom is -0.462 e. The monoisotopic (exact) mass is 605 g/mol. The molecule has 0 bridgehead atoms. The summed E-state index contributed by atoms with van der Waals surface area (Å²) in [4.78, 5) is 40.7. The molecular formula is C37H43N5O3. The number of benzene rings is 2. The highest BCUT2D eigenvalue weighted by molar-refractivity contribution is 5.96. The molecule has 0 radical (unpaired) electrons. The highest BCUT2D eigenvalue weighted by atomic mass is 16.5. The number of ether oxygens (including phenoxy) is 1. The van der Waals surface area contributed by atoms with Crippen LogP contribution >= 0.6 is 0 Å². The van der Waals surface area contributed by atoms with E-state index in [1.54, 1.807) is 31.7 Å². The van der Waals surface area contributed by atoms with Gasteiger partial charge in [0.15, 0.2) is 5.78 Å². The molecule has 234 valence electrons. The molecule has 8 heteroatoms. The van der Waals surface area contributed by atoms with Gasteiger partial charge in [0.05, 0.1) is 24.3 Å². The van der Waals surface area contributed by atoms with Gasteiger partial charge in [-0.15, -0.1) is 0 Å². The summed E-state index contributed by atoms with van der Waals surface area (Å²) in [6, 6.07) is 17.6. The number of nitrogens with zero attached hydrogens (tertiary/aromatic N) is 4. The van der Waals surface area contributed by atoms with Crippen LogP contribution in [0.5, 0.6) is 0 Å². The van der Waals surface area contributed by atoms with E-state index in [0.717, 1.165) is 24.5 Å². The number of aryl methyl sites for hydroxylation is 2. The molecule has 4 aromatic rings. The number of hydrogen-bond donors (Lipinski definition) is 1. The van der Waals surface area contributed by atoms with Gasteiger partial charge in [-0.1, -0.05) is 72.5 Å². The fraction of sp³-hybridized carbons (Fsp3) is 0.405. The minimum absolute atomic E-state index is 0.00396. The maximum absolute atomic E-state index is 11.7. The molecule has 0 atom stereocenters. The van der Waals surface area contributed by atoms with Gasteiger partial charge in [-0.05, 0) is 57.6 Å². The Bertz CT molecular complexity index is 1580. The average molecular weight is 606 g/mol. The maximum Gasteiger partial charge on any atom is 0.341 e. The Morgan fingerprint density at radius 3 is 1.42 bits per heavy atom. The molecule has 0 spiro atoms. The normalized spacial score (nSPS) is 15.9. The summed E-state index contributed by atoms with van der Waals surface area (Å²) >= 11 is 0. The fourth-order valence-electron chi connectivity index (χ4n) is 6.24. The quantitative estimate of drug-likeness (QED) is 0.167.